The zero-order chi connectivity index (χ0) is 13.8. The molecule has 1 atom stereocenters. The molecule has 0 radical (unpaired) electrons. The quantitative estimate of drug-likeness (QED) is 0.881. The fourth-order valence-electron chi connectivity index (χ4n) is 3.13. The fourth-order valence-corrected chi connectivity index (χ4v) is 3.13. The van der Waals surface area contributed by atoms with Crippen molar-refractivity contribution in [2.75, 3.05) is 25.2 Å². The molecule has 1 unspecified atom stereocenters. The number of ether oxygens (including phenoxy) is 1. The molecule has 1 aliphatic carbocycles. The van der Waals surface area contributed by atoms with Crippen LogP contribution < -0.4 is 9.64 Å². The van der Waals surface area contributed by atoms with Crippen molar-refractivity contribution in [1.82, 2.24) is 0 Å². The molecule has 1 aliphatic heterocycles. The summed E-state index contributed by atoms with van der Waals surface area (Å²) >= 11 is 0. The van der Waals surface area contributed by atoms with Crippen LogP contribution in [-0.2, 0) is 10.2 Å². The number of anilines is 1. The fraction of sp³-hybridized carbons (Fsp3) is 0.533. The van der Waals surface area contributed by atoms with Gasteiger partial charge in [0, 0.05) is 12.5 Å². The average Bonchev–Trinajstić information content (AvgIpc) is 2.97. The summed E-state index contributed by atoms with van der Waals surface area (Å²) in [6.07, 6.45) is 0.966. The molecule has 1 heterocycles. The number of hydrogen-bond acceptors (Lipinski definition) is 3. The standard InChI is InChI=1S/C15H19NO3/c1-14(2)8-15(14,9-17)10-4-5-12-11(6-10)16(3)13(18)7-19-12/h4-6,17H,7-9H2,1-3H3. The smallest absolute Gasteiger partial charge is 0.264 e. The number of fused-ring (bicyclic) bond motifs is 1. The van der Waals surface area contributed by atoms with Gasteiger partial charge in [-0.15, -0.1) is 0 Å². The lowest BCUT2D eigenvalue weighted by Crippen LogP contribution is -2.35. The SMILES string of the molecule is CN1C(=O)COc2ccc(C3(CO)CC3(C)C)cc21. The summed E-state index contributed by atoms with van der Waals surface area (Å²) in [5.74, 6) is 0.690. The van der Waals surface area contributed by atoms with Crippen molar-refractivity contribution < 1.29 is 14.6 Å². The molecule has 0 spiro atoms. The molecule has 4 heteroatoms. The van der Waals surface area contributed by atoms with Gasteiger partial charge in [0.15, 0.2) is 6.61 Å². The molecule has 1 N–H and O–H groups in total. The molecular weight excluding hydrogens is 242 g/mol. The zero-order valence-corrected chi connectivity index (χ0v) is 11.6. The van der Waals surface area contributed by atoms with Crippen molar-refractivity contribution in [2.45, 2.75) is 25.7 Å². The number of hydrogen-bond donors (Lipinski definition) is 1. The van der Waals surface area contributed by atoms with Gasteiger partial charge in [-0.3, -0.25) is 4.79 Å². The van der Waals surface area contributed by atoms with Gasteiger partial charge < -0.3 is 14.7 Å². The van der Waals surface area contributed by atoms with Crippen LogP contribution in [0.2, 0.25) is 0 Å². The largest absolute Gasteiger partial charge is 0.482 e. The van der Waals surface area contributed by atoms with Crippen LogP contribution in [0.5, 0.6) is 5.75 Å². The predicted molar refractivity (Wildman–Crippen MR) is 72.5 cm³/mol. The average molecular weight is 261 g/mol. The first kappa shape index (κ1) is 12.5. The maximum absolute atomic E-state index is 11.7. The Balaban J connectivity index is 2.05. The lowest BCUT2D eigenvalue weighted by molar-refractivity contribution is -0.120. The summed E-state index contributed by atoms with van der Waals surface area (Å²) in [6.45, 7) is 4.55. The highest BCUT2D eigenvalue weighted by atomic mass is 16.5. The van der Waals surface area contributed by atoms with E-state index in [1.807, 2.05) is 18.2 Å². The maximum atomic E-state index is 11.7. The molecule has 19 heavy (non-hydrogen) atoms. The number of rotatable bonds is 2. The zero-order valence-electron chi connectivity index (χ0n) is 11.6. The third-order valence-corrected chi connectivity index (χ3v) is 4.78. The van der Waals surface area contributed by atoms with E-state index in [0.29, 0.717) is 0 Å². The van der Waals surface area contributed by atoms with Crippen molar-refractivity contribution >= 4 is 11.6 Å². The Morgan fingerprint density at radius 1 is 1.42 bits per heavy atom. The van der Waals surface area contributed by atoms with E-state index in [9.17, 15) is 9.90 Å². The molecule has 1 saturated carbocycles. The number of aliphatic hydroxyl groups excluding tert-OH is 1. The van der Waals surface area contributed by atoms with Gasteiger partial charge in [-0.25, -0.2) is 0 Å². The number of carbonyl (C=O) groups excluding carboxylic acids is 1. The van der Waals surface area contributed by atoms with Crippen LogP contribution in [0.15, 0.2) is 18.2 Å². The molecule has 102 valence electrons. The van der Waals surface area contributed by atoms with E-state index in [1.165, 1.54) is 0 Å². The summed E-state index contributed by atoms with van der Waals surface area (Å²) in [5.41, 5.74) is 1.81. The second-order valence-corrected chi connectivity index (χ2v) is 6.22. The van der Waals surface area contributed by atoms with Crippen LogP contribution in [0.3, 0.4) is 0 Å². The Morgan fingerprint density at radius 3 is 2.68 bits per heavy atom. The Hall–Kier alpha value is -1.55. The normalized spacial score (nSPS) is 27.8. The molecule has 0 bridgehead atoms. The summed E-state index contributed by atoms with van der Waals surface area (Å²) < 4.78 is 5.43. The lowest BCUT2D eigenvalue weighted by Gasteiger charge is -2.28. The topological polar surface area (TPSA) is 49.8 Å². The van der Waals surface area contributed by atoms with E-state index in [1.54, 1.807) is 11.9 Å². The van der Waals surface area contributed by atoms with Gasteiger partial charge in [0.2, 0.25) is 0 Å². The van der Waals surface area contributed by atoms with Crippen molar-refractivity contribution in [3.8, 4) is 5.75 Å². The summed E-state index contributed by atoms with van der Waals surface area (Å²) in [5, 5.41) is 9.76. The Labute approximate surface area is 113 Å². The minimum absolute atomic E-state index is 0.0437. The minimum atomic E-state index is -0.177. The Kier molecular flexibility index (Phi) is 2.45. The van der Waals surface area contributed by atoms with Crippen molar-refractivity contribution in [2.24, 2.45) is 5.41 Å². The monoisotopic (exact) mass is 261 g/mol. The highest BCUT2D eigenvalue weighted by Crippen LogP contribution is 2.64. The van der Waals surface area contributed by atoms with Crippen LogP contribution in [-0.4, -0.2) is 31.3 Å². The predicted octanol–water partition coefficient (Wildman–Crippen LogP) is 1.70. The molecule has 2 aliphatic rings. The van der Waals surface area contributed by atoms with Gasteiger partial charge in [-0.05, 0) is 29.5 Å². The number of benzene rings is 1. The Bertz CT molecular complexity index is 552. The van der Waals surface area contributed by atoms with Crippen molar-refractivity contribution in [3.63, 3.8) is 0 Å². The molecule has 0 aromatic heterocycles. The molecule has 1 amide bonds. The molecule has 1 aromatic carbocycles. The molecule has 4 nitrogen and oxygen atoms in total. The highest BCUT2D eigenvalue weighted by Gasteiger charge is 2.61. The first-order chi connectivity index (χ1) is 8.91. The Morgan fingerprint density at radius 2 is 2.11 bits per heavy atom. The molecule has 1 aromatic rings. The minimum Gasteiger partial charge on any atom is -0.482 e. The van der Waals surface area contributed by atoms with Crippen molar-refractivity contribution in [3.05, 3.63) is 23.8 Å². The molecule has 1 fully saturated rings. The first-order valence-corrected chi connectivity index (χ1v) is 6.56. The summed E-state index contributed by atoms with van der Waals surface area (Å²) in [6, 6.07) is 5.89. The van der Waals surface area contributed by atoms with Crippen LogP contribution in [0.1, 0.15) is 25.8 Å². The van der Waals surface area contributed by atoms with E-state index >= 15 is 0 Å². The van der Waals surface area contributed by atoms with Crippen LogP contribution in [0.25, 0.3) is 0 Å². The summed E-state index contributed by atoms with van der Waals surface area (Å²) in [4.78, 5) is 13.3. The maximum Gasteiger partial charge on any atom is 0.264 e. The van der Waals surface area contributed by atoms with E-state index in [-0.39, 0.29) is 30.0 Å². The van der Waals surface area contributed by atoms with Crippen LogP contribution in [0.4, 0.5) is 5.69 Å². The van der Waals surface area contributed by atoms with Gasteiger partial charge in [-0.1, -0.05) is 19.9 Å². The molecular formula is C15H19NO3. The second-order valence-electron chi connectivity index (χ2n) is 6.22. The van der Waals surface area contributed by atoms with E-state index < -0.39 is 0 Å². The van der Waals surface area contributed by atoms with Crippen LogP contribution in [0, 0.1) is 5.41 Å². The van der Waals surface area contributed by atoms with E-state index in [4.69, 9.17) is 4.74 Å². The third-order valence-electron chi connectivity index (χ3n) is 4.78. The lowest BCUT2D eigenvalue weighted by atomic mass is 9.88. The summed E-state index contributed by atoms with van der Waals surface area (Å²) in [7, 11) is 1.76. The number of amides is 1. The number of carbonyl (C=O) groups is 1. The van der Waals surface area contributed by atoms with E-state index in [2.05, 4.69) is 13.8 Å². The number of nitrogens with zero attached hydrogens (tertiary/aromatic N) is 1. The third kappa shape index (κ3) is 1.59. The molecule has 3 rings (SSSR count). The van der Waals surface area contributed by atoms with E-state index in [0.717, 1.165) is 23.4 Å². The number of likely N-dealkylation sites (N-methyl/N-ethyl adjacent to an activating group) is 1. The van der Waals surface area contributed by atoms with Gasteiger partial charge in [0.25, 0.3) is 5.91 Å². The second kappa shape index (κ2) is 3.73. The van der Waals surface area contributed by atoms with Crippen molar-refractivity contribution in [1.29, 1.82) is 0 Å². The van der Waals surface area contributed by atoms with Crippen LogP contribution >= 0.6 is 0 Å². The van der Waals surface area contributed by atoms with Gasteiger partial charge in [0.1, 0.15) is 5.75 Å². The van der Waals surface area contributed by atoms with Gasteiger partial charge >= 0.3 is 0 Å². The first-order valence-electron chi connectivity index (χ1n) is 6.56. The number of aliphatic hydroxyl groups is 1. The highest BCUT2D eigenvalue weighted by molar-refractivity contribution is 5.97. The van der Waals surface area contributed by atoms with Gasteiger partial charge in [-0.2, -0.15) is 0 Å². The molecule has 0 saturated heterocycles. The van der Waals surface area contributed by atoms with Gasteiger partial charge in [0.05, 0.1) is 12.3 Å².